The van der Waals surface area contributed by atoms with Gasteiger partial charge in [0.2, 0.25) is 0 Å². The van der Waals surface area contributed by atoms with Crippen molar-refractivity contribution in [3.05, 3.63) is 35.9 Å². The predicted molar refractivity (Wildman–Crippen MR) is 498 cm³/mol. The predicted octanol–water partition coefficient (Wildman–Crippen LogP) is 34.8. The van der Waals surface area contributed by atoms with Gasteiger partial charge >= 0.3 is 0 Å². The van der Waals surface area contributed by atoms with E-state index in [1.54, 1.807) is 323 Å². The summed E-state index contributed by atoms with van der Waals surface area (Å²) in [5, 5.41) is 0. The molecule has 0 amide bonds. The normalized spacial score (nSPS) is 47.0. The van der Waals surface area contributed by atoms with Gasteiger partial charge in [0.1, 0.15) is 13.0 Å². The van der Waals surface area contributed by atoms with Crippen molar-refractivity contribution >= 4 is 93.8 Å². The maximum atomic E-state index is 5.30. The molecule has 0 N–H and O–H groups in total. The zero-order valence-electron chi connectivity index (χ0n) is 74.7. The second kappa shape index (κ2) is 36.7. The van der Waals surface area contributed by atoms with Crippen LogP contribution in [0, 0.1) is 166 Å². The molecule has 112 heavy (non-hydrogen) atoms. The standard InChI is InChI=1S/C34H52Si.C32H54Si.C28H48Si.3C3H6Cl2/c1-22-20-30-31(21-24-14-11-19-25(24)32(30)23-12-5-4-6-13-23)33(22)35(2,3)34-28-17-9-7-15-26(28)27-16-8-10-18-29(27)34;1-33(2,32-28-17-9-7-13-24(28)25-14-8-10-18-29(25)32)21-19-30-26-15-5-3-11-22(26)23-12-4-6-16-27(23)31(30)20-21;1-18-15-21-16-19-9-8-10-20(19)17-26(21)27(18)29(2,3)28-24-13-6-4-11-22(24)23-12-5-7-14-25(23)28;3*1-3(2,4)5/h4-6,12-13,22,24-34H,7-11,14-21H2,1-3H3;21-32H,3-20H2,1-2H3;18-28H,4-17H2,1-3H3;3*1-2H3. The van der Waals surface area contributed by atoms with E-state index in [-0.39, 0.29) is 0 Å². The molecule has 0 spiro atoms. The highest BCUT2D eigenvalue weighted by Gasteiger charge is 2.67. The molecule has 0 bridgehead atoms. The maximum absolute atomic E-state index is 5.30. The van der Waals surface area contributed by atoms with E-state index in [4.69, 9.17) is 69.6 Å². The van der Waals surface area contributed by atoms with Gasteiger partial charge in [-0.05, 0) is 368 Å². The molecule has 9 heteroatoms. The maximum Gasteiger partial charge on any atom is 0.112 e. The Morgan fingerprint density at radius 2 is 0.500 bits per heavy atom. The van der Waals surface area contributed by atoms with Crippen molar-refractivity contribution in [2.75, 3.05) is 0 Å². The first-order chi connectivity index (χ1) is 53.3. The number of halogens is 6. The van der Waals surface area contributed by atoms with Crippen LogP contribution in [0.4, 0.5) is 0 Å². The molecule has 19 fully saturated rings. The van der Waals surface area contributed by atoms with E-state index >= 15 is 0 Å². The number of hydrogen-bond donors (Lipinski definition) is 0. The molecule has 1 aromatic rings. The Hall–Kier alpha value is 1.61. The molecule has 0 aliphatic heterocycles. The van der Waals surface area contributed by atoms with E-state index in [0.717, 1.165) is 171 Å². The van der Waals surface area contributed by atoms with Gasteiger partial charge in [-0.2, -0.15) is 0 Å². The van der Waals surface area contributed by atoms with E-state index in [2.05, 4.69) is 83.5 Å². The molecule has 19 aliphatic carbocycles. The van der Waals surface area contributed by atoms with Crippen molar-refractivity contribution in [3.63, 3.8) is 0 Å². The van der Waals surface area contributed by atoms with Crippen molar-refractivity contribution in [2.45, 2.75) is 436 Å². The van der Waals surface area contributed by atoms with E-state index in [1.165, 1.54) is 46.8 Å². The SMILES string of the molecule is CC(C)(Cl)Cl.CC(C)(Cl)Cl.CC(C)(Cl)Cl.CC1CC2C(CC3CCCC3C2c2ccccc2)C1[Si](C)(C)C1C2CCCCC2C2CCCCC21.CC1CC2CC3CCCC3CC2C1[Si](C)(C)C1C2CCCCC2C2CCCCC21.C[Si](C)(C1CC2C3CCCCC3C3CCCCC3C2C1)C1C2CCCCC2C2CCCCC21. The van der Waals surface area contributed by atoms with Gasteiger partial charge in [0.25, 0.3) is 0 Å². The van der Waals surface area contributed by atoms with Gasteiger partial charge in [-0.1, -0.05) is 257 Å². The smallest absolute Gasteiger partial charge is 0.102 e. The van der Waals surface area contributed by atoms with Gasteiger partial charge in [0.15, 0.2) is 0 Å². The summed E-state index contributed by atoms with van der Waals surface area (Å²) in [5.74, 6) is 32.3. The van der Waals surface area contributed by atoms with Gasteiger partial charge in [-0.15, -0.1) is 69.6 Å². The lowest BCUT2D eigenvalue weighted by atomic mass is 9.51. The monoisotopic (exact) mass is 1700 g/mol. The molecule has 0 nitrogen and oxygen atoms in total. The Morgan fingerprint density at radius 1 is 0.232 bits per heavy atom. The summed E-state index contributed by atoms with van der Waals surface area (Å²) < 4.78 is -1.67. The van der Waals surface area contributed by atoms with Crippen LogP contribution in [0.3, 0.4) is 0 Å². The van der Waals surface area contributed by atoms with Gasteiger partial charge in [0.05, 0.1) is 24.2 Å². The van der Waals surface area contributed by atoms with Crippen LogP contribution >= 0.6 is 69.6 Å². The van der Waals surface area contributed by atoms with Crippen LogP contribution in [0.1, 0.15) is 356 Å². The molecule has 19 aliphatic rings. The number of alkyl halides is 6. The zero-order chi connectivity index (χ0) is 79.1. The van der Waals surface area contributed by atoms with Crippen molar-refractivity contribution in [2.24, 2.45) is 166 Å². The number of hydrogen-bond acceptors (Lipinski definition) is 0. The van der Waals surface area contributed by atoms with Crippen LogP contribution in [0.2, 0.25) is 72.5 Å². The third kappa shape index (κ3) is 18.8. The van der Waals surface area contributed by atoms with E-state index in [0.29, 0.717) is 0 Å². The summed E-state index contributed by atoms with van der Waals surface area (Å²) in [6.07, 6.45) is 71.7. The molecule has 638 valence electrons. The van der Waals surface area contributed by atoms with Gasteiger partial charge in [0, 0.05) is 0 Å². The first-order valence-corrected chi connectivity index (χ1v) is 62.2. The molecule has 31 unspecified atom stereocenters. The van der Waals surface area contributed by atoms with Crippen LogP contribution in [-0.2, 0) is 0 Å². The van der Waals surface area contributed by atoms with Gasteiger partial charge < -0.3 is 0 Å². The van der Waals surface area contributed by atoms with Gasteiger partial charge in [-0.25, -0.2) is 0 Å². The van der Waals surface area contributed by atoms with Gasteiger partial charge in [-0.3, -0.25) is 0 Å². The number of rotatable bonds is 7. The Kier molecular flexibility index (Phi) is 29.0. The quantitative estimate of drug-likeness (QED) is 0.189. The Morgan fingerprint density at radius 3 is 0.866 bits per heavy atom. The summed E-state index contributed by atoms with van der Waals surface area (Å²) in [5.41, 5.74) is 8.72. The second-order valence-electron chi connectivity index (χ2n) is 48.1. The van der Waals surface area contributed by atoms with Crippen LogP contribution in [0.5, 0.6) is 0 Å². The number of fused-ring (bicyclic) bond motifs is 19. The van der Waals surface area contributed by atoms with E-state index < -0.39 is 37.2 Å². The first kappa shape index (κ1) is 88.5. The highest BCUT2D eigenvalue weighted by atomic mass is 35.5. The van der Waals surface area contributed by atoms with E-state index in [1.807, 2.05) is 0 Å². The molecule has 0 heterocycles. The highest BCUT2D eigenvalue weighted by molar-refractivity contribution is 6.81. The average molecular weight is 1710 g/mol. The third-order valence-corrected chi connectivity index (χ3v) is 55.8. The third-order valence-electron chi connectivity index (χ3n) is 40.1. The van der Waals surface area contributed by atoms with Crippen LogP contribution in [0.25, 0.3) is 0 Å². The van der Waals surface area contributed by atoms with Crippen molar-refractivity contribution < 1.29 is 0 Å². The van der Waals surface area contributed by atoms with E-state index in [9.17, 15) is 0 Å². The molecular weight excluding hydrogens is 1530 g/mol. The summed E-state index contributed by atoms with van der Waals surface area (Å²) >= 11 is 31.8. The topological polar surface area (TPSA) is 0 Å². The lowest BCUT2D eigenvalue weighted by Gasteiger charge is -2.54. The molecule has 0 radical (unpaired) electrons. The average Bonchev–Trinajstić information content (AvgIpc) is 1.56. The minimum Gasteiger partial charge on any atom is -0.102 e. The van der Waals surface area contributed by atoms with Crippen molar-refractivity contribution in [1.29, 1.82) is 0 Å². The first-order valence-electron chi connectivity index (χ1n) is 50.4. The van der Waals surface area contributed by atoms with Crippen molar-refractivity contribution in [1.82, 2.24) is 0 Å². The fourth-order valence-electron chi connectivity index (χ4n) is 38.2. The summed E-state index contributed by atoms with van der Waals surface area (Å²) in [4.78, 5) is 0. The highest BCUT2D eigenvalue weighted by Crippen LogP contribution is 2.75. The van der Waals surface area contributed by atoms with Crippen LogP contribution < -0.4 is 0 Å². The lowest BCUT2D eigenvalue weighted by molar-refractivity contribution is -0.0484. The summed E-state index contributed by atoms with van der Waals surface area (Å²) in [6, 6.07) is 11.9. The fraction of sp³-hybridized carbons (Fsp3) is 0.942. The molecule has 0 aromatic heterocycles. The molecule has 0 saturated heterocycles. The van der Waals surface area contributed by atoms with Crippen LogP contribution in [-0.4, -0.2) is 37.2 Å². The molecule has 1 aromatic carbocycles. The lowest BCUT2D eigenvalue weighted by Crippen LogP contribution is -2.48. The fourth-order valence-corrected chi connectivity index (χ4v) is 56.7. The minimum atomic E-state index is -1.40. The summed E-state index contributed by atoms with van der Waals surface area (Å²) in [7, 11) is -3.92. The van der Waals surface area contributed by atoms with Crippen LogP contribution in [0.15, 0.2) is 30.3 Å². The molecule has 31 atom stereocenters. The Bertz CT molecular complexity index is 2990. The number of benzene rings is 1. The molecule has 20 rings (SSSR count). The molecular formula is C103H172Cl6Si3. The minimum absolute atomic E-state index is 0.556. The summed E-state index contributed by atoms with van der Waals surface area (Å²) in [6.45, 7) is 33.5. The van der Waals surface area contributed by atoms with Crippen molar-refractivity contribution in [3.8, 4) is 0 Å². The largest absolute Gasteiger partial charge is 0.112 e. The molecule has 19 saturated carbocycles. The Balaban J connectivity index is 0.000000122. The Labute approximate surface area is 725 Å². The zero-order valence-corrected chi connectivity index (χ0v) is 82.2. The second-order valence-corrected chi connectivity index (χ2v) is 69.4.